The van der Waals surface area contributed by atoms with Crippen LogP contribution in [0.5, 0.6) is 5.88 Å². The van der Waals surface area contributed by atoms with Gasteiger partial charge in [-0.1, -0.05) is 72.0 Å². The molecular weight excluding hydrogens is 458 g/mol. The highest BCUT2D eigenvalue weighted by molar-refractivity contribution is 7.17. The number of aryl methyl sites for hydroxylation is 1. The van der Waals surface area contributed by atoms with Gasteiger partial charge < -0.3 is 9.52 Å². The predicted octanol–water partition coefficient (Wildman–Crippen LogP) is 4.89. The van der Waals surface area contributed by atoms with Crippen LogP contribution < -0.4 is 0 Å². The number of aromatic nitrogens is 3. The zero-order valence-corrected chi connectivity index (χ0v) is 20.3. The molecule has 7 nitrogen and oxygen atoms in total. The summed E-state index contributed by atoms with van der Waals surface area (Å²) in [6.07, 6.45) is 1.69. The summed E-state index contributed by atoms with van der Waals surface area (Å²) in [5.74, 6) is 1.60. The van der Waals surface area contributed by atoms with Gasteiger partial charge in [-0.05, 0) is 30.2 Å². The van der Waals surface area contributed by atoms with E-state index in [2.05, 4.69) is 80.5 Å². The number of rotatable bonds is 6. The average Bonchev–Trinajstić information content (AvgIpc) is 3.61. The van der Waals surface area contributed by atoms with E-state index in [4.69, 9.17) is 4.42 Å². The van der Waals surface area contributed by atoms with Gasteiger partial charge in [0.1, 0.15) is 17.6 Å². The van der Waals surface area contributed by atoms with Gasteiger partial charge in [-0.3, -0.25) is 9.80 Å². The maximum atomic E-state index is 11.0. The van der Waals surface area contributed by atoms with Crippen molar-refractivity contribution in [1.29, 1.82) is 0 Å². The van der Waals surface area contributed by atoms with Gasteiger partial charge >= 0.3 is 0 Å². The third-order valence-electron chi connectivity index (χ3n) is 6.68. The molecule has 0 bridgehead atoms. The predicted molar refractivity (Wildman–Crippen MR) is 136 cm³/mol. The summed E-state index contributed by atoms with van der Waals surface area (Å²) >= 11 is 1.47. The van der Waals surface area contributed by atoms with Crippen LogP contribution in [0.15, 0.2) is 83.5 Å². The Bertz CT molecular complexity index is 1350. The Kier molecular flexibility index (Phi) is 5.85. The second kappa shape index (κ2) is 9.30. The maximum absolute atomic E-state index is 11.0. The van der Waals surface area contributed by atoms with Crippen LogP contribution in [0.1, 0.15) is 39.7 Å². The summed E-state index contributed by atoms with van der Waals surface area (Å²) in [4.78, 5) is 10.9. The summed E-state index contributed by atoms with van der Waals surface area (Å²) in [6.45, 7) is 5.30. The van der Waals surface area contributed by atoms with Crippen molar-refractivity contribution in [1.82, 2.24) is 24.4 Å². The Morgan fingerprint density at radius 2 is 1.43 bits per heavy atom. The number of piperazine rings is 1. The quantitative estimate of drug-likeness (QED) is 0.369. The molecule has 1 fully saturated rings. The van der Waals surface area contributed by atoms with Crippen LogP contribution in [0, 0.1) is 6.92 Å². The van der Waals surface area contributed by atoms with Crippen molar-refractivity contribution in [3.8, 4) is 5.88 Å². The lowest BCUT2D eigenvalue weighted by molar-refractivity contribution is 0.0835. The molecule has 3 aromatic heterocycles. The summed E-state index contributed by atoms with van der Waals surface area (Å²) in [5.41, 5.74) is 2.60. The average molecular weight is 486 g/mol. The Balaban J connectivity index is 1.29. The molecule has 35 heavy (non-hydrogen) atoms. The maximum Gasteiger partial charge on any atom is 0.230 e. The summed E-state index contributed by atoms with van der Waals surface area (Å²) < 4.78 is 7.39. The van der Waals surface area contributed by atoms with Crippen LogP contribution in [0.3, 0.4) is 0 Å². The second-order valence-corrected chi connectivity index (χ2v) is 9.87. The highest BCUT2D eigenvalue weighted by Crippen LogP contribution is 2.41. The minimum absolute atomic E-state index is 0.140. The van der Waals surface area contributed by atoms with Gasteiger partial charge in [-0.25, -0.2) is 4.98 Å². The first-order valence-corrected chi connectivity index (χ1v) is 12.7. The first kappa shape index (κ1) is 22.0. The normalized spacial score (nSPS) is 16.3. The number of aromatic hydroxyl groups is 1. The van der Waals surface area contributed by atoms with Gasteiger partial charge in [0.25, 0.3) is 0 Å². The number of benzene rings is 2. The van der Waals surface area contributed by atoms with Crippen LogP contribution in [0.4, 0.5) is 0 Å². The summed E-state index contributed by atoms with van der Waals surface area (Å²) in [5, 5.41) is 15.4. The fourth-order valence-electron chi connectivity index (χ4n) is 5.09. The SMILES string of the molecule is Cc1nc2sc([C@@H](c3ccco3)N3CCN(C(c4ccccc4)c4ccccc4)CC3)c(O)n2n1. The molecule has 1 aliphatic rings. The van der Waals surface area contributed by atoms with Crippen molar-refractivity contribution in [2.45, 2.75) is 19.0 Å². The van der Waals surface area contributed by atoms with E-state index in [1.165, 1.54) is 27.0 Å². The van der Waals surface area contributed by atoms with E-state index in [1.807, 2.05) is 19.1 Å². The van der Waals surface area contributed by atoms with E-state index in [9.17, 15) is 5.11 Å². The van der Waals surface area contributed by atoms with Crippen molar-refractivity contribution < 1.29 is 9.52 Å². The van der Waals surface area contributed by atoms with E-state index in [0.717, 1.165) is 36.8 Å². The third-order valence-corrected chi connectivity index (χ3v) is 7.75. The molecule has 8 heteroatoms. The largest absolute Gasteiger partial charge is 0.492 e. The van der Waals surface area contributed by atoms with Gasteiger partial charge in [0.05, 0.1) is 17.2 Å². The van der Waals surface area contributed by atoms with Crippen molar-refractivity contribution in [3.05, 3.63) is 107 Å². The van der Waals surface area contributed by atoms with Gasteiger partial charge in [0, 0.05) is 26.2 Å². The molecule has 178 valence electrons. The highest BCUT2D eigenvalue weighted by Gasteiger charge is 2.35. The molecule has 2 aromatic carbocycles. The Labute approximate surface area is 207 Å². The number of fused-ring (bicyclic) bond motifs is 1. The molecule has 4 heterocycles. The molecule has 0 unspecified atom stereocenters. The lowest BCUT2D eigenvalue weighted by Crippen LogP contribution is -2.49. The van der Waals surface area contributed by atoms with Gasteiger partial charge in [-0.15, -0.1) is 5.10 Å². The fraction of sp³-hybridized carbons (Fsp3) is 0.259. The van der Waals surface area contributed by atoms with E-state index in [0.29, 0.717) is 10.8 Å². The zero-order chi connectivity index (χ0) is 23.8. The van der Waals surface area contributed by atoms with E-state index in [-0.39, 0.29) is 18.0 Å². The molecule has 5 aromatic rings. The molecule has 1 N–H and O–H groups in total. The van der Waals surface area contributed by atoms with E-state index in [1.54, 1.807) is 6.26 Å². The van der Waals surface area contributed by atoms with Crippen molar-refractivity contribution in [2.75, 3.05) is 26.2 Å². The standard InChI is InChI=1S/C27H27N5O2S/c1-19-28-27-32(29-19)26(33)25(35-27)24(22-13-8-18-34-22)31-16-14-30(15-17-31)23(20-9-4-2-5-10-20)21-11-6-3-7-12-21/h2-13,18,23-24,33H,14-17H2,1H3/t24-/m1/s1. The monoisotopic (exact) mass is 485 g/mol. The zero-order valence-electron chi connectivity index (χ0n) is 19.5. The highest BCUT2D eigenvalue weighted by atomic mass is 32.1. The topological polar surface area (TPSA) is 70.0 Å². The minimum Gasteiger partial charge on any atom is -0.492 e. The second-order valence-electron chi connectivity index (χ2n) is 8.86. The van der Waals surface area contributed by atoms with Gasteiger partial charge in [0.15, 0.2) is 0 Å². The Hall–Kier alpha value is -3.46. The molecule has 0 spiro atoms. The summed E-state index contributed by atoms with van der Waals surface area (Å²) in [7, 11) is 0. The number of furan rings is 1. The molecule has 0 radical (unpaired) electrons. The van der Waals surface area contributed by atoms with E-state index >= 15 is 0 Å². The molecule has 0 saturated carbocycles. The molecular formula is C27H27N5O2S. The number of nitrogens with zero attached hydrogens (tertiary/aromatic N) is 5. The Morgan fingerprint density at radius 1 is 0.829 bits per heavy atom. The molecule has 0 aliphatic carbocycles. The summed E-state index contributed by atoms with van der Waals surface area (Å²) in [6, 6.07) is 25.3. The number of hydrogen-bond donors (Lipinski definition) is 1. The molecule has 6 rings (SSSR count). The van der Waals surface area contributed by atoms with Crippen LogP contribution in [-0.2, 0) is 0 Å². The first-order chi connectivity index (χ1) is 17.2. The van der Waals surface area contributed by atoms with Crippen LogP contribution in [-0.4, -0.2) is 55.7 Å². The van der Waals surface area contributed by atoms with Crippen LogP contribution in [0.25, 0.3) is 4.96 Å². The fourth-order valence-corrected chi connectivity index (χ4v) is 6.23. The molecule has 1 aliphatic heterocycles. The third kappa shape index (κ3) is 4.14. The molecule has 0 amide bonds. The number of thiazole rings is 1. The van der Waals surface area contributed by atoms with Crippen LogP contribution >= 0.6 is 11.3 Å². The first-order valence-electron chi connectivity index (χ1n) is 11.9. The Morgan fingerprint density at radius 3 is 1.97 bits per heavy atom. The van der Waals surface area contributed by atoms with Crippen molar-refractivity contribution in [2.24, 2.45) is 0 Å². The van der Waals surface area contributed by atoms with Crippen molar-refractivity contribution in [3.63, 3.8) is 0 Å². The van der Waals surface area contributed by atoms with Gasteiger partial charge in [-0.2, -0.15) is 4.52 Å². The van der Waals surface area contributed by atoms with Crippen molar-refractivity contribution >= 4 is 16.3 Å². The lowest BCUT2D eigenvalue weighted by Gasteiger charge is -2.42. The van der Waals surface area contributed by atoms with Gasteiger partial charge in [0.2, 0.25) is 10.8 Å². The number of hydrogen-bond acceptors (Lipinski definition) is 7. The minimum atomic E-state index is -0.187. The smallest absolute Gasteiger partial charge is 0.230 e. The van der Waals surface area contributed by atoms with Crippen LogP contribution in [0.2, 0.25) is 0 Å². The molecule has 1 saturated heterocycles. The molecule has 1 atom stereocenters. The lowest BCUT2D eigenvalue weighted by atomic mass is 9.96. The van der Waals surface area contributed by atoms with E-state index < -0.39 is 0 Å².